The van der Waals surface area contributed by atoms with E-state index in [4.69, 9.17) is 0 Å². The van der Waals surface area contributed by atoms with Gasteiger partial charge in [-0.1, -0.05) is 62.2 Å². The molecule has 100 valence electrons. The summed E-state index contributed by atoms with van der Waals surface area (Å²) in [5.74, 6) is 0.665. The largest absolute Gasteiger partial charge is 0.385 e. The molecule has 0 aromatic heterocycles. The van der Waals surface area contributed by atoms with Gasteiger partial charge in [-0.25, -0.2) is 0 Å². The first-order chi connectivity index (χ1) is 9.23. The highest BCUT2D eigenvalue weighted by Gasteiger charge is 2.36. The fraction of sp³-hybridized carbons (Fsp3) is 0.444. The van der Waals surface area contributed by atoms with Crippen molar-refractivity contribution in [2.75, 3.05) is 0 Å². The summed E-state index contributed by atoms with van der Waals surface area (Å²) < 4.78 is 0. The van der Waals surface area contributed by atoms with Gasteiger partial charge in [-0.05, 0) is 41.5 Å². The third-order valence-corrected chi connectivity index (χ3v) is 4.70. The van der Waals surface area contributed by atoms with Gasteiger partial charge in [0.15, 0.2) is 0 Å². The van der Waals surface area contributed by atoms with E-state index in [0.29, 0.717) is 5.92 Å². The molecule has 1 nitrogen and oxygen atoms in total. The Morgan fingerprint density at radius 1 is 1.16 bits per heavy atom. The van der Waals surface area contributed by atoms with Crippen LogP contribution in [0.5, 0.6) is 0 Å². The molecule has 0 radical (unpaired) electrons. The maximum atomic E-state index is 11.1. The molecular formula is C18H22O. The van der Waals surface area contributed by atoms with Crippen molar-refractivity contribution in [3.8, 4) is 0 Å². The summed E-state index contributed by atoms with van der Waals surface area (Å²) in [4.78, 5) is 0. The quantitative estimate of drug-likeness (QED) is 0.828. The van der Waals surface area contributed by atoms with Gasteiger partial charge in [0, 0.05) is 0 Å². The molecular weight excluding hydrogens is 232 g/mol. The van der Waals surface area contributed by atoms with Crippen molar-refractivity contribution in [2.45, 2.75) is 44.6 Å². The highest BCUT2D eigenvalue weighted by Crippen LogP contribution is 2.43. The lowest BCUT2D eigenvalue weighted by Crippen LogP contribution is -2.32. The Morgan fingerprint density at radius 2 is 1.95 bits per heavy atom. The zero-order chi connectivity index (χ0) is 13.3. The van der Waals surface area contributed by atoms with Gasteiger partial charge in [0.2, 0.25) is 0 Å². The Hall–Kier alpha value is -1.34. The van der Waals surface area contributed by atoms with Gasteiger partial charge < -0.3 is 5.11 Å². The van der Waals surface area contributed by atoms with Crippen LogP contribution in [0.3, 0.4) is 0 Å². The smallest absolute Gasteiger partial charge is 0.0905 e. The Labute approximate surface area is 115 Å². The van der Waals surface area contributed by atoms with Crippen LogP contribution in [0, 0.1) is 5.92 Å². The van der Waals surface area contributed by atoms with Crippen LogP contribution in [0.2, 0.25) is 0 Å². The molecule has 1 saturated carbocycles. The molecule has 3 rings (SSSR count). The monoisotopic (exact) mass is 254 g/mol. The first-order valence-electron chi connectivity index (χ1n) is 7.43. The van der Waals surface area contributed by atoms with E-state index in [-0.39, 0.29) is 0 Å². The molecule has 0 spiro atoms. The zero-order valence-electron chi connectivity index (χ0n) is 11.6. The van der Waals surface area contributed by atoms with Gasteiger partial charge in [0.05, 0.1) is 5.60 Å². The number of aliphatic hydroxyl groups is 1. The molecule has 1 fully saturated rings. The standard InChI is InChI=1S/C18H22O/c1-2-14-7-6-12-18(19,13-14)17-11-5-9-15-8-3-4-10-16(15)17/h3-5,8-11,14,19H,2,6-7,12-13H2,1H3. The molecule has 0 heterocycles. The Balaban J connectivity index is 2.07. The number of hydrogen-bond acceptors (Lipinski definition) is 1. The van der Waals surface area contributed by atoms with Gasteiger partial charge in [0.25, 0.3) is 0 Å². The van der Waals surface area contributed by atoms with Crippen molar-refractivity contribution in [1.29, 1.82) is 0 Å². The van der Waals surface area contributed by atoms with Crippen LogP contribution in [0.15, 0.2) is 42.5 Å². The minimum Gasteiger partial charge on any atom is -0.385 e. The summed E-state index contributed by atoms with van der Waals surface area (Å²) in [5, 5.41) is 13.6. The maximum Gasteiger partial charge on any atom is 0.0905 e. The summed E-state index contributed by atoms with van der Waals surface area (Å²) >= 11 is 0. The van der Waals surface area contributed by atoms with Crippen LogP contribution < -0.4 is 0 Å². The van der Waals surface area contributed by atoms with Crippen LogP contribution in [-0.2, 0) is 5.60 Å². The second-order valence-corrected chi connectivity index (χ2v) is 5.93. The molecule has 0 amide bonds. The average molecular weight is 254 g/mol. The van der Waals surface area contributed by atoms with Gasteiger partial charge in [-0.3, -0.25) is 0 Å². The zero-order valence-corrected chi connectivity index (χ0v) is 11.6. The molecule has 2 atom stereocenters. The highest BCUT2D eigenvalue weighted by molar-refractivity contribution is 5.86. The highest BCUT2D eigenvalue weighted by atomic mass is 16.3. The summed E-state index contributed by atoms with van der Waals surface area (Å²) in [7, 11) is 0. The number of benzene rings is 2. The minimum atomic E-state index is -0.625. The Morgan fingerprint density at radius 3 is 2.79 bits per heavy atom. The topological polar surface area (TPSA) is 20.2 Å². The molecule has 0 bridgehead atoms. The molecule has 0 aliphatic heterocycles. The van der Waals surface area contributed by atoms with Crippen molar-refractivity contribution in [3.05, 3.63) is 48.0 Å². The molecule has 1 aliphatic rings. The van der Waals surface area contributed by atoms with Crippen molar-refractivity contribution in [3.63, 3.8) is 0 Å². The van der Waals surface area contributed by atoms with Crippen LogP contribution in [0.25, 0.3) is 10.8 Å². The van der Waals surface area contributed by atoms with Gasteiger partial charge in [0.1, 0.15) is 0 Å². The van der Waals surface area contributed by atoms with Crippen molar-refractivity contribution < 1.29 is 5.11 Å². The lowest BCUT2D eigenvalue weighted by molar-refractivity contribution is -0.0204. The molecule has 2 aromatic carbocycles. The fourth-order valence-electron chi connectivity index (χ4n) is 3.59. The molecule has 2 aromatic rings. The molecule has 1 heteroatoms. The summed E-state index contributed by atoms with van der Waals surface area (Å²) in [6.07, 6.45) is 5.39. The molecule has 0 saturated heterocycles. The van der Waals surface area contributed by atoms with Crippen LogP contribution in [-0.4, -0.2) is 5.11 Å². The maximum absolute atomic E-state index is 11.1. The van der Waals surface area contributed by atoms with Crippen LogP contribution >= 0.6 is 0 Å². The van der Waals surface area contributed by atoms with E-state index in [1.54, 1.807) is 0 Å². The first-order valence-corrected chi connectivity index (χ1v) is 7.43. The van der Waals surface area contributed by atoms with Gasteiger partial charge in [-0.15, -0.1) is 0 Å². The predicted molar refractivity (Wildman–Crippen MR) is 80.1 cm³/mol. The third-order valence-electron chi connectivity index (χ3n) is 4.70. The molecule has 1 N–H and O–H groups in total. The second kappa shape index (κ2) is 4.97. The van der Waals surface area contributed by atoms with Crippen molar-refractivity contribution >= 4 is 10.8 Å². The minimum absolute atomic E-state index is 0.625. The third kappa shape index (κ3) is 2.28. The number of rotatable bonds is 2. The van der Waals surface area contributed by atoms with E-state index in [1.165, 1.54) is 23.6 Å². The summed E-state index contributed by atoms with van der Waals surface area (Å²) in [5.41, 5.74) is 0.503. The van der Waals surface area contributed by atoms with Crippen LogP contribution in [0.1, 0.15) is 44.6 Å². The van der Waals surface area contributed by atoms with E-state index < -0.39 is 5.60 Å². The molecule has 1 aliphatic carbocycles. The van der Waals surface area contributed by atoms with E-state index >= 15 is 0 Å². The summed E-state index contributed by atoms with van der Waals surface area (Å²) in [6, 6.07) is 14.7. The summed E-state index contributed by atoms with van der Waals surface area (Å²) in [6.45, 7) is 2.24. The number of fused-ring (bicyclic) bond motifs is 1. The van der Waals surface area contributed by atoms with E-state index in [2.05, 4.69) is 49.4 Å². The van der Waals surface area contributed by atoms with E-state index in [9.17, 15) is 5.11 Å². The normalized spacial score (nSPS) is 27.6. The first kappa shape index (κ1) is 12.7. The average Bonchev–Trinajstić information content (AvgIpc) is 2.46. The van der Waals surface area contributed by atoms with Gasteiger partial charge >= 0.3 is 0 Å². The van der Waals surface area contributed by atoms with E-state index in [0.717, 1.165) is 24.8 Å². The van der Waals surface area contributed by atoms with Gasteiger partial charge in [-0.2, -0.15) is 0 Å². The van der Waals surface area contributed by atoms with Crippen LogP contribution in [0.4, 0.5) is 0 Å². The predicted octanol–water partition coefficient (Wildman–Crippen LogP) is 4.63. The molecule has 19 heavy (non-hydrogen) atoms. The van der Waals surface area contributed by atoms with Crippen molar-refractivity contribution in [1.82, 2.24) is 0 Å². The lowest BCUT2D eigenvalue weighted by Gasteiger charge is -2.37. The Kier molecular flexibility index (Phi) is 3.32. The second-order valence-electron chi connectivity index (χ2n) is 5.93. The Bertz CT molecular complexity index is 569. The lowest BCUT2D eigenvalue weighted by atomic mass is 9.72. The van der Waals surface area contributed by atoms with Crippen molar-refractivity contribution in [2.24, 2.45) is 5.92 Å². The SMILES string of the molecule is CCC1CCCC(O)(c2cccc3ccccc23)C1. The van der Waals surface area contributed by atoms with E-state index in [1.807, 2.05) is 0 Å². The molecule has 2 unspecified atom stereocenters. The fourth-order valence-corrected chi connectivity index (χ4v) is 3.59. The number of hydrogen-bond donors (Lipinski definition) is 1.